The maximum atomic E-state index is 13.3. The van der Waals surface area contributed by atoms with E-state index in [0.717, 1.165) is 5.39 Å². The van der Waals surface area contributed by atoms with Gasteiger partial charge in [0.05, 0.1) is 5.56 Å². The molecule has 148 valence electrons. The number of anilines is 1. The Labute approximate surface area is 167 Å². The Morgan fingerprint density at radius 3 is 2.72 bits per heavy atom. The van der Waals surface area contributed by atoms with Crippen LogP contribution >= 0.6 is 0 Å². The lowest BCUT2D eigenvalue weighted by Gasteiger charge is -2.25. The number of aromatic hydroxyl groups is 1. The molecular formula is C23H21FN2O3. The molecule has 0 radical (unpaired) electrons. The SMILES string of the molecule is Cc1cc(F)ccc1NC(=O)C1CCCN1C(=O)c1ccc2ccccc2c1O. The van der Waals surface area contributed by atoms with E-state index in [9.17, 15) is 19.1 Å². The fourth-order valence-corrected chi connectivity index (χ4v) is 3.85. The van der Waals surface area contributed by atoms with Gasteiger partial charge in [0, 0.05) is 17.6 Å². The summed E-state index contributed by atoms with van der Waals surface area (Å²) in [5, 5.41) is 14.9. The summed E-state index contributed by atoms with van der Waals surface area (Å²) in [4.78, 5) is 27.5. The van der Waals surface area contributed by atoms with Gasteiger partial charge in [0.2, 0.25) is 5.91 Å². The number of hydrogen-bond acceptors (Lipinski definition) is 3. The molecule has 4 rings (SSSR count). The Balaban J connectivity index is 1.58. The zero-order valence-corrected chi connectivity index (χ0v) is 16.0. The van der Waals surface area contributed by atoms with E-state index in [2.05, 4.69) is 5.32 Å². The van der Waals surface area contributed by atoms with E-state index in [-0.39, 0.29) is 28.9 Å². The number of hydrogen-bond donors (Lipinski definition) is 2. The van der Waals surface area contributed by atoms with Crippen molar-refractivity contribution in [2.24, 2.45) is 0 Å². The summed E-state index contributed by atoms with van der Waals surface area (Å²) < 4.78 is 13.3. The summed E-state index contributed by atoms with van der Waals surface area (Å²) in [6, 6.07) is 14.2. The van der Waals surface area contributed by atoms with Gasteiger partial charge in [-0.05, 0) is 55.0 Å². The summed E-state index contributed by atoms with van der Waals surface area (Å²) in [7, 11) is 0. The molecule has 3 aromatic rings. The minimum absolute atomic E-state index is 0.0754. The molecule has 1 aliphatic rings. The van der Waals surface area contributed by atoms with Crippen LogP contribution in [-0.2, 0) is 4.79 Å². The summed E-state index contributed by atoms with van der Waals surface area (Å²) in [6.45, 7) is 2.15. The molecular weight excluding hydrogens is 371 g/mol. The number of fused-ring (bicyclic) bond motifs is 1. The van der Waals surface area contributed by atoms with Gasteiger partial charge in [-0.25, -0.2) is 4.39 Å². The Morgan fingerprint density at radius 1 is 1.14 bits per heavy atom. The Hall–Kier alpha value is -3.41. The van der Waals surface area contributed by atoms with Gasteiger partial charge in [0.15, 0.2) is 0 Å². The van der Waals surface area contributed by atoms with Gasteiger partial charge in [-0.2, -0.15) is 0 Å². The van der Waals surface area contributed by atoms with Crippen LogP contribution in [0.4, 0.5) is 10.1 Å². The molecule has 5 nitrogen and oxygen atoms in total. The number of phenolic OH excluding ortho intramolecular Hbond substituents is 1. The van der Waals surface area contributed by atoms with Crippen molar-refractivity contribution in [3.8, 4) is 5.75 Å². The molecule has 2 amide bonds. The van der Waals surface area contributed by atoms with Crippen LogP contribution in [0.3, 0.4) is 0 Å². The minimum Gasteiger partial charge on any atom is -0.506 e. The van der Waals surface area contributed by atoms with E-state index in [1.165, 1.54) is 23.1 Å². The molecule has 0 aromatic heterocycles. The molecule has 1 fully saturated rings. The van der Waals surface area contributed by atoms with Crippen molar-refractivity contribution in [2.45, 2.75) is 25.8 Å². The Bertz CT molecular complexity index is 1110. The summed E-state index contributed by atoms with van der Waals surface area (Å²) in [5.74, 6) is -1.13. The first-order chi connectivity index (χ1) is 14.0. The fourth-order valence-electron chi connectivity index (χ4n) is 3.85. The molecule has 1 unspecified atom stereocenters. The maximum absolute atomic E-state index is 13.3. The number of phenols is 1. The van der Waals surface area contributed by atoms with Crippen LogP contribution < -0.4 is 5.32 Å². The molecule has 6 heteroatoms. The highest BCUT2D eigenvalue weighted by molar-refractivity contribution is 6.06. The van der Waals surface area contributed by atoms with Crippen LogP contribution in [0.15, 0.2) is 54.6 Å². The normalized spacial score (nSPS) is 16.2. The van der Waals surface area contributed by atoms with Gasteiger partial charge in [-0.3, -0.25) is 9.59 Å². The molecule has 1 heterocycles. The number of halogens is 1. The highest BCUT2D eigenvalue weighted by Crippen LogP contribution is 2.31. The second-order valence-corrected chi connectivity index (χ2v) is 7.29. The lowest BCUT2D eigenvalue weighted by Crippen LogP contribution is -2.43. The van der Waals surface area contributed by atoms with Crippen LogP contribution in [0, 0.1) is 12.7 Å². The largest absolute Gasteiger partial charge is 0.506 e. The molecule has 2 N–H and O–H groups in total. The highest BCUT2D eigenvalue weighted by Gasteiger charge is 2.35. The van der Waals surface area contributed by atoms with Crippen LogP contribution in [0.2, 0.25) is 0 Å². The minimum atomic E-state index is -0.641. The molecule has 0 spiro atoms. The lowest BCUT2D eigenvalue weighted by molar-refractivity contribution is -0.119. The molecule has 1 aliphatic heterocycles. The number of nitrogens with one attached hydrogen (secondary N) is 1. The van der Waals surface area contributed by atoms with Gasteiger partial charge < -0.3 is 15.3 Å². The molecule has 3 aromatic carbocycles. The maximum Gasteiger partial charge on any atom is 0.258 e. The van der Waals surface area contributed by atoms with Crippen LogP contribution in [0.25, 0.3) is 10.8 Å². The van der Waals surface area contributed by atoms with E-state index in [0.29, 0.717) is 36.0 Å². The smallest absolute Gasteiger partial charge is 0.258 e. The number of carbonyl (C=O) groups excluding carboxylic acids is 2. The van der Waals surface area contributed by atoms with Crippen molar-refractivity contribution in [3.05, 3.63) is 71.5 Å². The van der Waals surface area contributed by atoms with Crippen LogP contribution in [0.1, 0.15) is 28.8 Å². The van der Waals surface area contributed by atoms with Crippen LogP contribution in [-0.4, -0.2) is 34.4 Å². The van der Waals surface area contributed by atoms with Gasteiger partial charge in [-0.1, -0.05) is 30.3 Å². The number of aryl methyl sites for hydroxylation is 1. The van der Waals surface area contributed by atoms with E-state index < -0.39 is 6.04 Å². The van der Waals surface area contributed by atoms with Crippen LogP contribution in [0.5, 0.6) is 5.75 Å². The summed E-state index contributed by atoms with van der Waals surface area (Å²) in [6.07, 6.45) is 1.23. The zero-order chi connectivity index (χ0) is 20.5. The average Bonchev–Trinajstić information content (AvgIpc) is 3.20. The Morgan fingerprint density at radius 2 is 1.93 bits per heavy atom. The first-order valence-electron chi connectivity index (χ1n) is 9.54. The Kier molecular flexibility index (Phi) is 4.92. The quantitative estimate of drug-likeness (QED) is 0.701. The predicted octanol–water partition coefficient (Wildman–Crippen LogP) is 4.24. The van der Waals surface area contributed by atoms with Gasteiger partial charge >= 0.3 is 0 Å². The molecule has 0 bridgehead atoms. The standard InChI is InChI=1S/C23H21FN2O3/c1-14-13-16(24)9-11-19(14)25-22(28)20-7-4-12-26(20)23(29)18-10-8-15-5-2-3-6-17(15)21(18)27/h2-3,5-6,8-11,13,20,27H,4,7,12H2,1H3,(H,25,28). The predicted molar refractivity (Wildman–Crippen MR) is 109 cm³/mol. The van der Waals surface area contributed by atoms with Gasteiger partial charge in [0.1, 0.15) is 17.6 Å². The van der Waals surface area contributed by atoms with Crippen molar-refractivity contribution < 1.29 is 19.1 Å². The number of nitrogens with zero attached hydrogens (tertiary/aromatic N) is 1. The van der Waals surface area contributed by atoms with Crippen molar-refractivity contribution >= 4 is 28.3 Å². The third kappa shape index (κ3) is 3.53. The number of carbonyl (C=O) groups is 2. The molecule has 1 saturated heterocycles. The third-order valence-electron chi connectivity index (χ3n) is 5.39. The summed E-state index contributed by atoms with van der Waals surface area (Å²) in [5.41, 5.74) is 1.31. The second-order valence-electron chi connectivity index (χ2n) is 7.29. The third-order valence-corrected chi connectivity index (χ3v) is 5.39. The average molecular weight is 392 g/mol. The van der Waals surface area contributed by atoms with E-state index in [4.69, 9.17) is 0 Å². The van der Waals surface area contributed by atoms with Crippen molar-refractivity contribution in [2.75, 3.05) is 11.9 Å². The number of amides is 2. The van der Waals surface area contributed by atoms with Crippen molar-refractivity contribution in [1.82, 2.24) is 4.90 Å². The second kappa shape index (κ2) is 7.54. The van der Waals surface area contributed by atoms with Crippen molar-refractivity contribution in [3.63, 3.8) is 0 Å². The topological polar surface area (TPSA) is 69.6 Å². The first-order valence-corrected chi connectivity index (χ1v) is 9.54. The van der Waals surface area contributed by atoms with Gasteiger partial charge in [0.25, 0.3) is 5.91 Å². The molecule has 0 aliphatic carbocycles. The number of likely N-dealkylation sites (tertiary alicyclic amines) is 1. The molecule has 1 atom stereocenters. The van der Waals surface area contributed by atoms with E-state index in [1.54, 1.807) is 31.2 Å². The highest BCUT2D eigenvalue weighted by atomic mass is 19.1. The number of benzene rings is 3. The molecule has 0 saturated carbocycles. The van der Waals surface area contributed by atoms with E-state index >= 15 is 0 Å². The molecule has 29 heavy (non-hydrogen) atoms. The monoisotopic (exact) mass is 392 g/mol. The summed E-state index contributed by atoms with van der Waals surface area (Å²) >= 11 is 0. The number of rotatable bonds is 3. The van der Waals surface area contributed by atoms with E-state index in [1.807, 2.05) is 12.1 Å². The van der Waals surface area contributed by atoms with Crippen molar-refractivity contribution in [1.29, 1.82) is 0 Å². The first kappa shape index (κ1) is 18.9. The zero-order valence-electron chi connectivity index (χ0n) is 16.0. The lowest BCUT2D eigenvalue weighted by atomic mass is 10.0. The van der Waals surface area contributed by atoms with Gasteiger partial charge in [-0.15, -0.1) is 0 Å². The fraction of sp³-hybridized carbons (Fsp3) is 0.217.